The number of rotatable bonds is 3. The first-order chi connectivity index (χ1) is 8.16. The van der Waals surface area contributed by atoms with E-state index in [9.17, 15) is 4.79 Å². The highest BCUT2D eigenvalue weighted by Gasteiger charge is 2.19. The second kappa shape index (κ2) is 5.56. The summed E-state index contributed by atoms with van der Waals surface area (Å²) < 4.78 is 0. The Balaban J connectivity index is 2.05. The van der Waals surface area contributed by atoms with Crippen LogP contribution >= 0.6 is 11.8 Å². The van der Waals surface area contributed by atoms with Gasteiger partial charge in [-0.15, -0.1) is 11.8 Å². The van der Waals surface area contributed by atoms with E-state index in [1.54, 1.807) is 23.9 Å². The van der Waals surface area contributed by atoms with Crippen molar-refractivity contribution < 1.29 is 9.90 Å². The van der Waals surface area contributed by atoms with E-state index >= 15 is 0 Å². The number of hydrogen-bond donors (Lipinski definition) is 1. The molecule has 0 aromatic heterocycles. The van der Waals surface area contributed by atoms with Crippen LogP contribution in [0.1, 0.15) is 23.2 Å². The molecule has 1 N–H and O–H groups in total. The second-order valence-electron chi connectivity index (χ2n) is 4.42. The van der Waals surface area contributed by atoms with Crippen LogP contribution in [0.15, 0.2) is 29.2 Å². The van der Waals surface area contributed by atoms with E-state index in [4.69, 9.17) is 5.11 Å². The minimum absolute atomic E-state index is 0.427. The first-order valence-electron chi connectivity index (χ1n) is 5.84. The van der Waals surface area contributed by atoms with Crippen LogP contribution in [0.5, 0.6) is 0 Å². The molecule has 0 unspecified atom stereocenters. The third-order valence-electron chi connectivity index (χ3n) is 3.08. The Morgan fingerprint density at radius 1 is 1.35 bits per heavy atom. The van der Waals surface area contributed by atoms with Crippen molar-refractivity contribution in [3.63, 3.8) is 0 Å². The fourth-order valence-corrected chi connectivity index (χ4v) is 3.27. The fraction of sp³-hybridized carbons (Fsp3) is 0.462. The lowest BCUT2D eigenvalue weighted by Crippen LogP contribution is -2.31. The van der Waals surface area contributed by atoms with Crippen molar-refractivity contribution in [2.45, 2.75) is 23.0 Å². The number of thioether (sulfide) groups is 1. The highest BCUT2D eigenvalue weighted by molar-refractivity contribution is 8.00. The summed E-state index contributed by atoms with van der Waals surface area (Å²) in [7, 11) is 2.13. The van der Waals surface area contributed by atoms with Crippen LogP contribution in [-0.2, 0) is 0 Å². The molecule has 1 aliphatic heterocycles. The Morgan fingerprint density at radius 2 is 2.00 bits per heavy atom. The highest BCUT2D eigenvalue weighted by Crippen LogP contribution is 2.32. The average molecular weight is 251 g/mol. The van der Waals surface area contributed by atoms with E-state index in [0.717, 1.165) is 30.8 Å². The summed E-state index contributed by atoms with van der Waals surface area (Å²) in [4.78, 5) is 14.3. The summed E-state index contributed by atoms with van der Waals surface area (Å²) in [6.45, 7) is 2.21. The van der Waals surface area contributed by atoms with Crippen LogP contribution < -0.4 is 0 Å². The molecule has 0 radical (unpaired) electrons. The lowest BCUT2D eigenvalue weighted by atomic mass is 10.1. The van der Waals surface area contributed by atoms with E-state index in [0.29, 0.717) is 10.8 Å². The zero-order valence-corrected chi connectivity index (χ0v) is 10.7. The van der Waals surface area contributed by atoms with Gasteiger partial charge in [0.15, 0.2) is 0 Å². The van der Waals surface area contributed by atoms with Crippen molar-refractivity contribution in [1.82, 2.24) is 4.90 Å². The molecular formula is C13H17NO2S. The number of carbonyl (C=O) groups is 1. The number of benzene rings is 1. The van der Waals surface area contributed by atoms with E-state index in [-0.39, 0.29) is 0 Å². The van der Waals surface area contributed by atoms with Gasteiger partial charge in [-0.1, -0.05) is 12.1 Å². The van der Waals surface area contributed by atoms with Gasteiger partial charge < -0.3 is 10.0 Å². The van der Waals surface area contributed by atoms with Gasteiger partial charge in [-0.3, -0.25) is 0 Å². The maximum absolute atomic E-state index is 11.1. The predicted molar refractivity (Wildman–Crippen MR) is 69.8 cm³/mol. The van der Waals surface area contributed by atoms with Crippen LogP contribution in [0, 0.1) is 0 Å². The zero-order valence-electron chi connectivity index (χ0n) is 9.93. The quantitative estimate of drug-likeness (QED) is 0.896. The Morgan fingerprint density at radius 3 is 2.65 bits per heavy atom. The van der Waals surface area contributed by atoms with Crippen molar-refractivity contribution in [3.8, 4) is 0 Å². The largest absolute Gasteiger partial charge is 0.478 e. The van der Waals surface area contributed by atoms with Crippen molar-refractivity contribution in [1.29, 1.82) is 0 Å². The zero-order chi connectivity index (χ0) is 12.3. The van der Waals surface area contributed by atoms with E-state index in [2.05, 4.69) is 11.9 Å². The summed E-state index contributed by atoms with van der Waals surface area (Å²) >= 11 is 1.71. The first-order valence-corrected chi connectivity index (χ1v) is 6.72. The number of hydrogen-bond acceptors (Lipinski definition) is 3. The van der Waals surface area contributed by atoms with Gasteiger partial charge in [0.05, 0.1) is 5.56 Å². The number of nitrogens with zero attached hydrogens (tertiary/aromatic N) is 1. The minimum Gasteiger partial charge on any atom is -0.478 e. The standard InChI is InChI=1S/C13H17NO2S/c1-14-8-6-10(7-9-14)17-12-5-3-2-4-11(12)13(15)16/h2-5,10H,6-9H2,1H3,(H,15,16). The first kappa shape index (κ1) is 12.5. The van der Waals surface area contributed by atoms with Crippen LogP contribution in [0.4, 0.5) is 0 Å². The summed E-state index contributed by atoms with van der Waals surface area (Å²) in [6.07, 6.45) is 2.27. The Kier molecular flexibility index (Phi) is 4.07. The van der Waals surface area contributed by atoms with Gasteiger partial charge in [-0.05, 0) is 45.1 Å². The maximum atomic E-state index is 11.1. The normalized spacial score (nSPS) is 18.2. The van der Waals surface area contributed by atoms with Crippen LogP contribution in [0.25, 0.3) is 0 Å². The molecule has 0 aliphatic carbocycles. The van der Waals surface area contributed by atoms with Gasteiger partial charge in [0.25, 0.3) is 0 Å². The smallest absolute Gasteiger partial charge is 0.336 e. The van der Waals surface area contributed by atoms with E-state index < -0.39 is 5.97 Å². The Bertz CT molecular complexity index is 400. The topological polar surface area (TPSA) is 40.5 Å². The number of carboxylic acid groups (broad SMARTS) is 1. The van der Waals surface area contributed by atoms with Gasteiger partial charge in [-0.2, -0.15) is 0 Å². The third kappa shape index (κ3) is 3.23. The number of carboxylic acids is 1. The van der Waals surface area contributed by atoms with Crippen LogP contribution in [0.2, 0.25) is 0 Å². The second-order valence-corrected chi connectivity index (χ2v) is 5.76. The SMILES string of the molecule is CN1CCC(Sc2ccccc2C(=O)O)CC1. The lowest BCUT2D eigenvalue weighted by Gasteiger charge is -2.28. The molecule has 1 aromatic rings. The monoisotopic (exact) mass is 251 g/mol. The molecule has 1 aromatic carbocycles. The molecule has 1 saturated heterocycles. The van der Waals surface area contributed by atoms with Gasteiger partial charge in [0, 0.05) is 10.1 Å². The predicted octanol–water partition coefficient (Wildman–Crippen LogP) is 2.57. The van der Waals surface area contributed by atoms with Crippen molar-refractivity contribution in [2.24, 2.45) is 0 Å². The summed E-state index contributed by atoms with van der Waals surface area (Å²) in [5.41, 5.74) is 0.427. The molecule has 0 saturated carbocycles. The molecule has 1 heterocycles. The molecule has 0 atom stereocenters. The van der Waals surface area contributed by atoms with Gasteiger partial charge in [0.2, 0.25) is 0 Å². The van der Waals surface area contributed by atoms with Gasteiger partial charge >= 0.3 is 5.97 Å². The number of aromatic carboxylic acids is 1. The molecule has 2 rings (SSSR count). The number of likely N-dealkylation sites (tertiary alicyclic amines) is 1. The Labute approximate surface area is 106 Å². The fourth-order valence-electron chi connectivity index (χ4n) is 2.03. The van der Waals surface area contributed by atoms with E-state index in [1.165, 1.54) is 0 Å². The summed E-state index contributed by atoms with van der Waals surface area (Å²) in [6, 6.07) is 7.28. The highest BCUT2D eigenvalue weighted by atomic mass is 32.2. The molecular weight excluding hydrogens is 234 g/mol. The summed E-state index contributed by atoms with van der Waals surface area (Å²) in [5, 5.41) is 9.66. The molecule has 92 valence electrons. The van der Waals surface area contributed by atoms with Crippen molar-refractivity contribution in [3.05, 3.63) is 29.8 Å². The average Bonchev–Trinajstić information content (AvgIpc) is 2.32. The minimum atomic E-state index is -0.832. The van der Waals surface area contributed by atoms with Crippen LogP contribution in [0.3, 0.4) is 0 Å². The molecule has 0 amide bonds. The molecule has 0 spiro atoms. The molecule has 17 heavy (non-hydrogen) atoms. The third-order valence-corrected chi connectivity index (χ3v) is 4.49. The number of piperidine rings is 1. The molecule has 1 fully saturated rings. The maximum Gasteiger partial charge on any atom is 0.336 e. The van der Waals surface area contributed by atoms with E-state index in [1.807, 2.05) is 12.1 Å². The van der Waals surface area contributed by atoms with Crippen molar-refractivity contribution >= 4 is 17.7 Å². The molecule has 1 aliphatic rings. The molecule has 0 bridgehead atoms. The van der Waals surface area contributed by atoms with Gasteiger partial charge in [-0.25, -0.2) is 4.79 Å². The van der Waals surface area contributed by atoms with Crippen LogP contribution in [-0.4, -0.2) is 41.4 Å². The van der Waals surface area contributed by atoms with Crippen molar-refractivity contribution in [2.75, 3.05) is 20.1 Å². The Hall–Kier alpha value is -1.00. The molecule has 4 heteroatoms. The summed E-state index contributed by atoms with van der Waals surface area (Å²) in [5.74, 6) is -0.832. The lowest BCUT2D eigenvalue weighted by molar-refractivity contribution is 0.0693. The van der Waals surface area contributed by atoms with Gasteiger partial charge in [0.1, 0.15) is 0 Å². The molecule has 3 nitrogen and oxygen atoms in total.